The van der Waals surface area contributed by atoms with Crippen molar-refractivity contribution in [1.82, 2.24) is 0 Å². The van der Waals surface area contributed by atoms with Crippen LogP contribution in [0.15, 0.2) is 11.6 Å². The van der Waals surface area contributed by atoms with Crippen LogP contribution in [0.3, 0.4) is 0 Å². The third-order valence-corrected chi connectivity index (χ3v) is 3.23. The van der Waals surface area contributed by atoms with E-state index >= 15 is 0 Å². The third-order valence-electron chi connectivity index (χ3n) is 3.23. The molecule has 1 unspecified atom stereocenters. The standard InChI is InChI=1S/C16H26O3/c1-7-13(14(18)19-15(2,3)4)11-8-12(17)10-16(5,6)9-11/h8,13H,7,9-10H2,1-6H3. The lowest BCUT2D eigenvalue weighted by Gasteiger charge is -2.32. The molecule has 1 atom stereocenters. The number of allylic oxidation sites excluding steroid dienone is 1. The van der Waals surface area contributed by atoms with Gasteiger partial charge in [0, 0.05) is 6.42 Å². The zero-order valence-electron chi connectivity index (χ0n) is 13.0. The van der Waals surface area contributed by atoms with Gasteiger partial charge < -0.3 is 4.74 Å². The van der Waals surface area contributed by atoms with Crippen LogP contribution in [-0.2, 0) is 14.3 Å². The maximum atomic E-state index is 12.2. The van der Waals surface area contributed by atoms with Gasteiger partial charge in [-0.1, -0.05) is 26.3 Å². The number of ketones is 1. The summed E-state index contributed by atoms with van der Waals surface area (Å²) in [6.07, 6.45) is 3.67. The first-order valence-electron chi connectivity index (χ1n) is 7.00. The molecule has 0 aromatic rings. The number of ether oxygens (including phenoxy) is 1. The molecule has 3 nitrogen and oxygen atoms in total. The van der Waals surface area contributed by atoms with Crippen LogP contribution < -0.4 is 0 Å². The van der Waals surface area contributed by atoms with E-state index in [0.717, 1.165) is 12.0 Å². The van der Waals surface area contributed by atoms with Gasteiger partial charge in [0.05, 0.1) is 5.92 Å². The van der Waals surface area contributed by atoms with Crippen molar-refractivity contribution < 1.29 is 14.3 Å². The molecule has 0 saturated heterocycles. The fourth-order valence-corrected chi connectivity index (χ4v) is 2.57. The van der Waals surface area contributed by atoms with Crippen molar-refractivity contribution in [3.05, 3.63) is 11.6 Å². The average molecular weight is 266 g/mol. The molecule has 0 N–H and O–H groups in total. The van der Waals surface area contributed by atoms with Crippen molar-refractivity contribution in [2.24, 2.45) is 11.3 Å². The molecule has 0 aromatic carbocycles. The highest BCUT2D eigenvalue weighted by Gasteiger charge is 2.34. The van der Waals surface area contributed by atoms with E-state index < -0.39 is 5.60 Å². The van der Waals surface area contributed by atoms with E-state index in [1.807, 2.05) is 27.7 Å². The van der Waals surface area contributed by atoms with Crippen molar-refractivity contribution in [3.8, 4) is 0 Å². The highest BCUT2D eigenvalue weighted by atomic mass is 16.6. The first-order valence-corrected chi connectivity index (χ1v) is 7.00. The van der Waals surface area contributed by atoms with Gasteiger partial charge in [-0.25, -0.2) is 0 Å². The molecule has 19 heavy (non-hydrogen) atoms. The molecule has 0 aliphatic heterocycles. The van der Waals surface area contributed by atoms with E-state index in [1.165, 1.54) is 0 Å². The maximum Gasteiger partial charge on any atom is 0.313 e. The van der Waals surface area contributed by atoms with Gasteiger partial charge in [-0.05, 0) is 45.1 Å². The van der Waals surface area contributed by atoms with Gasteiger partial charge in [0.2, 0.25) is 0 Å². The predicted octanol–water partition coefficient (Wildman–Crippen LogP) is 3.67. The summed E-state index contributed by atoms with van der Waals surface area (Å²) < 4.78 is 5.46. The minimum atomic E-state index is -0.487. The lowest BCUT2D eigenvalue weighted by Crippen LogP contribution is -2.32. The molecule has 108 valence electrons. The second-order valence-corrected chi connectivity index (χ2v) is 7.20. The predicted molar refractivity (Wildman–Crippen MR) is 75.7 cm³/mol. The fourth-order valence-electron chi connectivity index (χ4n) is 2.57. The van der Waals surface area contributed by atoms with E-state index in [-0.39, 0.29) is 23.1 Å². The molecule has 0 bridgehead atoms. The number of hydrogen-bond donors (Lipinski definition) is 0. The summed E-state index contributed by atoms with van der Waals surface area (Å²) in [6.45, 7) is 11.7. The lowest BCUT2D eigenvalue weighted by atomic mass is 9.73. The monoisotopic (exact) mass is 266 g/mol. The number of esters is 1. The number of rotatable bonds is 3. The Balaban J connectivity index is 2.91. The summed E-state index contributed by atoms with van der Waals surface area (Å²) in [6, 6.07) is 0. The van der Waals surface area contributed by atoms with Crippen LogP contribution in [0.1, 0.15) is 60.8 Å². The molecule has 0 radical (unpaired) electrons. The largest absolute Gasteiger partial charge is 0.460 e. The van der Waals surface area contributed by atoms with Crippen LogP contribution in [0.4, 0.5) is 0 Å². The van der Waals surface area contributed by atoms with Crippen molar-refractivity contribution in [1.29, 1.82) is 0 Å². The van der Waals surface area contributed by atoms with Gasteiger partial charge in [-0.2, -0.15) is 0 Å². The average Bonchev–Trinajstić information content (AvgIpc) is 2.11. The van der Waals surface area contributed by atoms with Gasteiger partial charge >= 0.3 is 5.97 Å². The van der Waals surface area contributed by atoms with Crippen LogP contribution in [0.25, 0.3) is 0 Å². The van der Waals surface area contributed by atoms with E-state index in [4.69, 9.17) is 4.74 Å². The molecular weight excluding hydrogens is 240 g/mol. The molecule has 0 saturated carbocycles. The fraction of sp³-hybridized carbons (Fsp3) is 0.750. The Kier molecular flexibility index (Phi) is 4.59. The highest BCUT2D eigenvalue weighted by molar-refractivity contribution is 5.93. The smallest absolute Gasteiger partial charge is 0.313 e. The molecule has 1 aliphatic carbocycles. The Hall–Kier alpha value is -1.12. The summed E-state index contributed by atoms with van der Waals surface area (Å²) in [4.78, 5) is 24.0. The molecule has 0 spiro atoms. The maximum absolute atomic E-state index is 12.2. The summed E-state index contributed by atoms with van der Waals surface area (Å²) in [5.41, 5.74) is 0.383. The Bertz CT molecular complexity index is 397. The summed E-state index contributed by atoms with van der Waals surface area (Å²) in [5.74, 6) is -0.386. The second kappa shape index (κ2) is 5.48. The Labute approximate surface area is 116 Å². The SMILES string of the molecule is CCC(C(=O)OC(C)(C)C)C1=CC(=O)CC(C)(C)C1. The summed E-state index contributed by atoms with van der Waals surface area (Å²) in [5, 5.41) is 0. The molecule has 3 heteroatoms. The Morgan fingerprint density at radius 1 is 1.37 bits per heavy atom. The Morgan fingerprint density at radius 2 is 1.95 bits per heavy atom. The molecule has 1 rings (SSSR count). The van der Waals surface area contributed by atoms with Gasteiger partial charge in [0.25, 0.3) is 0 Å². The zero-order valence-corrected chi connectivity index (χ0v) is 13.0. The van der Waals surface area contributed by atoms with E-state index in [2.05, 4.69) is 13.8 Å². The summed E-state index contributed by atoms with van der Waals surface area (Å²) in [7, 11) is 0. The van der Waals surface area contributed by atoms with Gasteiger partial charge in [-0.3, -0.25) is 9.59 Å². The molecule has 0 heterocycles. The van der Waals surface area contributed by atoms with Crippen LogP contribution in [0.5, 0.6) is 0 Å². The highest BCUT2D eigenvalue weighted by Crippen LogP contribution is 2.38. The zero-order chi connectivity index (χ0) is 14.8. The van der Waals surface area contributed by atoms with Gasteiger partial charge in [0.1, 0.15) is 5.60 Å². The van der Waals surface area contributed by atoms with E-state index in [0.29, 0.717) is 12.8 Å². The van der Waals surface area contributed by atoms with Crippen molar-refractivity contribution in [2.45, 2.75) is 66.4 Å². The minimum absolute atomic E-state index is 0.0589. The van der Waals surface area contributed by atoms with Gasteiger partial charge in [-0.15, -0.1) is 0 Å². The minimum Gasteiger partial charge on any atom is -0.460 e. The molecule has 0 fully saturated rings. The van der Waals surface area contributed by atoms with Crippen LogP contribution in [0, 0.1) is 11.3 Å². The second-order valence-electron chi connectivity index (χ2n) is 7.20. The van der Waals surface area contributed by atoms with Crippen molar-refractivity contribution in [2.75, 3.05) is 0 Å². The summed E-state index contributed by atoms with van der Waals surface area (Å²) >= 11 is 0. The molecule has 0 aromatic heterocycles. The first-order chi connectivity index (χ1) is 8.54. The quantitative estimate of drug-likeness (QED) is 0.732. The topological polar surface area (TPSA) is 43.4 Å². The van der Waals surface area contributed by atoms with E-state index in [1.54, 1.807) is 6.08 Å². The number of carbonyl (C=O) groups excluding carboxylic acids is 2. The van der Waals surface area contributed by atoms with Crippen LogP contribution >= 0.6 is 0 Å². The third kappa shape index (κ3) is 4.81. The molecule has 1 aliphatic rings. The number of hydrogen-bond acceptors (Lipinski definition) is 3. The first kappa shape index (κ1) is 15.9. The van der Waals surface area contributed by atoms with Gasteiger partial charge in [0.15, 0.2) is 5.78 Å². The van der Waals surface area contributed by atoms with Crippen molar-refractivity contribution in [3.63, 3.8) is 0 Å². The molecular formula is C16H26O3. The van der Waals surface area contributed by atoms with Crippen molar-refractivity contribution >= 4 is 11.8 Å². The lowest BCUT2D eigenvalue weighted by molar-refractivity contribution is -0.158. The normalized spacial score (nSPS) is 20.7. The van der Waals surface area contributed by atoms with E-state index in [9.17, 15) is 9.59 Å². The molecule has 0 amide bonds. The number of carbonyl (C=O) groups is 2. The Morgan fingerprint density at radius 3 is 2.37 bits per heavy atom. The van der Waals surface area contributed by atoms with Crippen LogP contribution in [0.2, 0.25) is 0 Å². The van der Waals surface area contributed by atoms with Crippen LogP contribution in [-0.4, -0.2) is 17.4 Å².